The molecule has 0 spiro atoms. The Morgan fingerprint density at radius 1 is 1.11 bits per heavy atom. The molecule has 2 fully saturated rings. The second-order valence-electron chi connectivity index (χ2n) is 6.57. The maximum Gasteiger partial charge on any atom is 0.0695 e. The fourth-order valence-corrected chi connectivity index (χ4v) is 3.79. The summed E-state index contributed by atoms with van der Waals surface area (Å²) in [5.74, 6) is 0.562. The van der Waals surface area contributed by atoms with Crippen LogP contribution in [-0.2, 0) is 0 Å². The van der Waals surface area contributed by atoms with E-state index < -0.39 is 0 Å². The Labute approximate surface area is 119 Å². The Kier molecular flexibility index (Phi) is 6.11. The fourth-order valence-electron chi connectivity index (χ4n) is 3.79. The van der Waals surface area contributed by atoms with Gasteiger partial charge in [0, 0.05) is 12.6 Å². The highest BCUT2D eigenvalue weighted by atomic mass is 16.3. The minimum absolute atomic E-state index is 0.102. The molecule has 2 aliphatic rings. The van der Waals surface area contributed by atoms with Crippen LogP contribution in [0.2, 0.25) is 0 Å². The number of likely N-dealkylation sites (N-methyl/N-ethyl adjacent to an activating group) is 1. The molecule has 0 aromatic carbocycles. The molecule has 1 aliphatic carbocycles. The maximum atomic E-state index is 10.4. The largest absolute Gasteiger partial charge is 0.392 e. The minimum atomic E-state index is -0.102. The molecule has 1 saturated carbocycles. The highest BCUT2D eigenvalue weighted by Gasteiger charge is 2.27. The number of hydrogen-bond donors (Lipinski definition) is 1. The van der Waals surface area contributed by atoms with Crippen LogP contribution in [0.15, 0.2) is 0 Å². The zero-order valence-electron chi connectivity index (χ0n) is 12.9. The molecule has 1 unspecified atom stereocenters. The summed E-state index contributed by atoms with van der Waals surface area (Å²) in [5.41, 5.74) is 0. The molecular weight excluding hydrogens is 236 g/mol. The van der Waals surface area contributed by atoms with Gasteiger partial charge in [0.25, 0.3) is 0 Å². The van der Waals surface area contributed by atoms with Crippen molar-refractivity contribution in [3.63, 3.8) is 0 Å². The summed E-state index contributed by atoms with van der Waals surface area (Å²) in [6.07, 6.45) is 8.92. The van der Waals surface area contributed by atoms with Crippen LogP contribution in [0.1, 0.15) is 51.9 Å². The third kappa shape index (κ3) is 4.44. The van der Waals surface area contributed by atoms with Gasteiger partial charge in [-0.3, -0.25) is 0 Å². The molecule has 1 atom stereocenters. The number of hydrogen-bond acceptors (Lipinski definition) is 3. The molecule has 0 radical (unpaired) electrons. The van der Waals surface area contributed by atoms with Crippen molar-refractivity contribution in [2.75, 3.05) is 33.2 Å². The Hall–Kier alpha value is -0.120. The van der Waals surface area contributed by atoms with E-state index in [1.165, 1.54) is 64.6 Å². The van der Waals surface area contributed by atoms with Gasteiger partial charge in [-0.1, -0.05) is 26.2 Å². The van der Waals surface area contributed by atoms with Gasteiger partial charge in [0.1, 0.15) is 0 Å². The lowest BCUT2D eigenvalue weighted by Crippen LogP contribution is -2.46. The van der Waals surface area contributed by atoms with E-state index in [2.05, 4.69) is 23.8 Å². The molecule has 19 heavy (non-hydrogen) atoms. The van der Waals surface area contributed by atoms with Crippen LogP contribution in [0.3, 0.4) is 0 Å². The number of likely N-dealkylation sites (tertiary alicyclic amines) is 1. The molecule has 3 heteroatoms. The van der Waals surface area contributed by atoms with Crippen LogP contribution in [0.5, 0.6) is 0 Å². The molecule has 3 nitrogen and oxygen atoms in total. The summed E-state index contributed by atoms with van der Waals surface area (Å²) >= 11 is 0. The average molecular weight is 268 g/mol. The second-order valence-corrected chi connectivity index (χ2v) is 6.57. The van der Waals surface area contributed by atoms with E-state index in [4.69, 9.17) is 0 Å². The Morgan fingerprint density at radius 2 is 1.74 bits per heavy atom. The Bertz CT molecular complexity index is 245. The van der Waals surface area contributed by atoms with E-state index in [1.54, 1.807) is 0 Å². The lowest BCUT2D eigenvalue weighted by Gasteiger charge is -2.38. The summed E-state index contributed by atoms with van der Waals surface area (Å²) in [5, 5.41) is 10.4. The van der Waals surface area contributed by atoms with E-state index in [1.807, 2.05) is 0 Å². The Balaban J connectivity index is 1.72. The zero-order chi connectivity index (χ0) is 13.7. The summed E-state index contributed by atoms with van der Waals surface area (Å²) in [7, 11) is 2.21. The van der Waals surface area contributed by atoms with Gasteiger partial charge in [-0.05, 0) is 58.3 Å². The third-order valence-corrected chi connectivity index (χ3v) is 5.30. The Morgan fingerprint density at radius 3 is 2.32 bits per heavy atom. The first-order valence-corrected chi connectivity index (χ1v) is 8.31. The highest BCUT2D eigenvalue weighted by molar-refractivity contribution is 4.81. The molecular formula is C16H32N2O. The molecule has 1 N–H and O–H groups in total. The van der Waals surface area contributed by atoms with E-state index in [-0.39, 0.29) is 6.10 Å². The number of rotatable bonds is 5. The van der Waals surface area contributed by atoms with E-state index in [9.17, 15) is 5.11 Å². The molecule has 2 rings (SSSR count). The fraction of sp³-hybridized carbons (Fsp3) is 1.00. The molecule has 1 heterocycles. The topological polar surface area (TPSA) is 26.7 Å². The lowest BCUT2D eigenvalue weighted by atomic mass is 9.85. The predicted molar refractivity (Wildman–Crippen MR) is 80.3 cm³/mol. The van der Waals surface area contributed by atoms with Gasteiger partial charge < -0.3 is 14.9 Å². The monoisotopic (exact) mass is 268 g/mol. The quantitative estimate of drug-likeness (QED) is 0.829. The first kappa shape index (κ1) is 15.3. The SMILES string of the molecule is CCN1CCC(N(C)CC(O)C2CCCCC2)CC1. The van der Waals surface area contributed by atoms with Gasteiger partial charge in [-0.25, -0.2) is 0 Å². The summed E-state index contributed by atoms with van der Waals surface area (Å²) in [6, 6.07) is 0.682. The van der Waals surface area contributed by atoms with Gasteiger partial charge >= 0.3 is 0 Å². The number of piperidine rings is 1. The van der Waals surface area contributed by atoms with Gasteiger partial charge in [-0.2, -0.15) is 0 Å². The van der Waals surface area contributed by atoms with Crippen LogP contribution in [0.4, 0.5) is 0 Å². The molecule has 112 valence electrons. The van der Waals surface area contributed by atoms with Crippen LogP contribution in [-0.4, -0.2) is 60.3 Å². The van der Waals surface area contributed by atoms with Gasteiger partial charge in [0.15, 0.2) is 0 Å². The minimum Gasteiger partial charge on any atom is -0.392 e. The van der Waals surface area contributed by atoms with Crippen molar-refractivity contribution in [1.82, 2.24) is 9.80 Å². The van der Waals surface area contributed by atoms with Crippen molar-refractivity contribution in [2.45, 2.75) is 64.0 Å². The van der Waals surface area contributed by atoms with Gasteiger partial charge in [0.05, 0.1) is 6.10 Å². The van der Waals surface area contributed by atoms with Crippen molar-refractivity contribution in [2.24, 2.45) is 5.92 Å². The summed E-state index contributed by atoms with van der Waals surface area (Å²) in [4.78, 5) is 4.95. The second kappa shape index (κ2) is 7.61. The van der Waals surface area contributed by atoms with Crippen LogP contribution < -0.4 is 0 Å². The zero-order valence-corrected chi connectivity index (χ0v) is 12.9. The van der Waals surface area contributed by atoms with Crippen molar-refractivity contribution in [1.29, 1.82) is 0 Å². The van der Waals surface area contributed by atoms with Gasteiger partial charge in [0.2, 0.25) is 0 Å². The number of nitrogens with zero attached hydrogens (tertiary/aromatic N) is 2. The molecule has 1 aliphatic heterocycles. The first-order chi connectivity index (χ1) is 9.20. The summed E-state index contributed by atoms with van der Waals surface area (Å²) in [6.45, 7) is 6.76. The molecule has 1 saturated heterocycles. The van der Waals surface area contributed by atoms with Crippen LogP contribution in [0.25, 0.3) is 0 Å². The van der Waals surface area contributed by atoms with Crippen LogP contribution >= 0.6 is 0 Å². The first-order valence-electron chi connectivity index (χ1n) is 8.31. The number of aliphatic hydroxyl groups excluding tert-OH is 1. The van der Waals surface area contributed by atoms with E-state index in [0.29, 0.717) is 12.0 Å². The van der Waals surface area contributed by atoms with Crippen molar-refractivity contribution in [3.8, 4) is 0 Å². The average Bonchev–Trinajstić information content (AvgIpc) is 2.48. The third-order valence-electron chi connectivity index (χ3n) is 5.30. The highest BCUT2D eigenvalue weighted by Crippen LogP contribution is 2.27. The lowest BCUT2D eigenvalue weighted by molar-refractivity contribution is 0.0310. The predicted octanol–water partition coefficient (Wildman–Crippen LogP) is 2.34. The van der Waals surface area contributed by atoms with Crippen LogP contribution in [0, 0.1) is 5.92 Å². The standard InChI is InChI=1S/C16H32N2O/c1-3-18-11-9-15(10-12-18)17(2)13-16(19)14-7-5-4-6-8-14/h14-16,19H,3-13H2,1-2H3. The summed E-state index contributed by atoms with van der Waals surface area (Å²) < 4.78 is 0. The van der Waals surface area contributed by atoms with Crippen molar-refractivity contribution >= 4 is 0 Å². The molecule has 0 aromatic heterocycles. The van der Waals surface area contributed by atoms with E-state index in [0.717, 1.165) is 6.54 Å². The molecule has 0 bridgehead atoms. The van der Waals surface area contributed by atoms with Crippen molar-refractivity contribution < 1.29 is 5.11 Å². The van der Waals surface area contributed by atoms with E-state index >= 15 is 0 Å². The van der Waals surface area contributed by atoms with Gasteiger partial charge in [-0.15, -0.1) is 0 Å². The maximum absolute atomic E-state index is 10.4. The normalized spacial score (nSPS) is 25.9. The molecule has 0 aromatic rings. The number of aliphatic hydroxyl groups is 1. The molecule has 0 amide bonds. The smallest absolute Gasteiger partial charge is 0.0695 e. The van der Waals surface area contributed by atoms with Crippen molar-refractivity contribution in [3.05, 3.63) is 0 Å².